The van der Waals surface area contributed by atoms with Crippen LogP contribution in [0.4, 0.5) is 11.5 Å². The topological polar surface area (TPSA) is 118 Å². The van der Waals surface area contributed by atoms with Crippen molar-refractivity contribution in [1.29, 1.82) is 0 Å². The van der Waals surface area contributed by atoms with Crippen molar-refractivity contribution in [2.45, 2.75) is 6.92 Å². The number of aryl methyl sites for hydroxylation is 1. The van der Waals surface area contributed by atoms with Crippen LogP contribution < -0.4 is 11.1 Å². The summed E-state index contributed by atoms with van der Waals surface area (Å²) in [6.45, 7) is 1.97. The average Bonchev–Trinajstić information content (AvgIpc) is 3.09. The molecule has 0 spiro atoms. The second-order valence-corrected chi connectivity index (χ2v) is 8.64. The highest BCUT2D eigenvalue weighted by Gasteiger charge is 2.24. The Morgan fingerprint density at radius 1 is 1.09 bits per heavy atom. The first-order valence-corrected chi connectivity index (χ1v) is 11.2. The lowest BCUT2D eigenvalue weighted by molar-refractivity contribution is 0.102. The van der Waals surface area contributed by atoms with Gasteiger partial charge in [-0.3, -0.25) is 4.79 Å². The van der Waals surface area contributed by atoms with Gasteiger partial charge < -0.3 is 16.2 Å². The smallest absolute Gasteiger partial charge is 0.261 e. The van der Waals surface area contributed by atoms with E-state index >= 15 is 0 Å². The van der Waals surface area contributed by atoms with Gasteiger partial charge in [0.15, 0.2) is 5.65 Å². The molecule has 1 amide bonds. The minimum atomic E-state index is -0.421. The van der Waals surface area contributed by atoms with E-state index in [4.69, 9.17) is 5.73 Å². The van der Waals surface area contributed by atoms with Gasteiger partial charge in [-0.25, -0.2) is 9.97 Å². The third kappa shape index (κ3) is 3.97. The minimum absolute atomic E-state index is 0.0517. The van der Waals surface area contributed by atoms with Gasteiger partial charge in [0.25, 0.3) is 5.91 Å². The summed E-state index contributed by atoms with van der Waals surface area (Å²) in [6.07, 6.45) is 1.45. The van der Waals surface area contributed by atoms with Crippen LogP contribution in [0.3, 0.4) is 0 Å². The summed E-state index contributed by atoms with van der Waals surface area (Å²) in [5, 5.41) is 17.5. The first kappa shape index (κ1) is 21.6. The summed E-state index contributed by atoms with van der Waals surface area (Å²) in [4.78, 5) is 22.6. The van der Waals surface area contributed by atoms with Crippen LogP contribution in [0, 0.1) is 6.92 Å². The highest BCUT2D eigenvalue weighted by Crippen LogP contribution is 2.29. The van der Waals surface area contributed by atoms with E-state index in [9.17, 15) is 9.90 Å². The number of benzene rings is 3. The van der Waals surface area contributed by atoms with Crippen LogP contribution in [0.1, 0.15) is 21.5 Å². The molecule has 0 bridgehead atoms. The molecule has 0 atom stereocenters. The molecule has 5 aromatic rings. The number of rotatable bonds is 4. The largest absolute Gasteiger partial charge is 0.507 e. The quantitative estimate of drug-likeness (QED) is 0.289. The molecule has 0 unspecified atom stereocenters. The molecule has 8 nitrogen and oxygen atoms in total. The highest BCUT2D eigenvalue weighted by atomic mass is 79.9. The maximum absolute atomic E-state index is 13.3. The van der Waals surface area contributed by atoms with Crippen LogP contribution in [0.2, 0.25) is 0 Å². The zero-order chi connectivity index (χ0) is 23.8. The predicted octanol–water partition coefficient (Wildman–Crippen LogP) is 5.08. The zero-order valence-electron chi connectivity index (χ0n) is 18.0. The van der Waals surface area contributed by atoms with E-state index in [0.717, 1.165) is 10.0 Å². The fraction of sp³-hybridized carbons (Fsp3) is 0.0400. The molecule has 168 valence electrons. The first-order valence-electron chi connectivity index (χ1n) is 10.4. The Bertz CT molecular complexity index is 1590. The van der Waals surface area contributed by atoms with Crippen molar-refractivity contribution in [1.82, 2.24) is 14.6 Å². The molecule has 34 heavy (non-hydrogen) atoms. The van der Waals surface area contributed by atoms with E-state index in [-0.39, 0.29) is 17.1 Å². The molecule has 0 saturated heterocycles. The van der Waals surface area contributed by atoms with Gasteiger partial charge in [-0.2, -0.15) is 9.78 Å². The SMILES string of the molecule is Cc1ccc(NC(=O)c2c(N)n(/N=C\c3cc(Br)ccc3O)c3nc4ccccc4nc23)cc1. The number of anilines is 2. The zero-order valence-corrected chi connectivity index (χ0v) is 19.6. The molecular formula is C25H19BrN6O2. The Labute approximate surface area is 202 Å². The minimum Gasteiger partial charge on any atom is -0.507 e. The number of nitrogens with zero attached hydrogens (tertiary/aromatic N) is 4. The van der Waals surface area contributed by atoms with Gasteiger partial charge in [0.05, 0.1) is 17.2 Å². The normalized spacial score (nSPS) is 11.5. The Balaban J connectivity index is 1.67. The molecule has 9 heteroatoms. The number of amides is 1. The number of hydrogen-bond acceptors (Lipinski definition) is 6. The number of nitrogens with one attached hydrogen (secondary N) is 1. The van der Waals surface area contributed by atoms with Crippen molar-refractivity contribution in [3.8, 4) is 5.75 Å². The Hall–Kier alpha value is -4.24. The number of halogens is 1. The predicted molar refractivity (Wildman–Crippen MR) is 137 cm³/mol. The summed E-state index contributed by atoms with van der Waals surface area (Å²) < 4.78 is 2.14. The molecule has 0 aliphatic heterocycles. The van der Waals surface area contributed by atoms with E-state index in [2.05, 4.69) is 36.3 Å². The standard InChI is InChI=1S/C25H19BrN6O2/c1-14-6-9-17(10-7-14)29-25(34)21-22-24(31-19-5-3-2-4-18(19)30-22)32(23(21)27)28-13-15-12-16(26)8-11-20(15)33/h2-13,33H,27H2,1H3,(H,29,34)/b28-13-. The summed E-state index contributed by atoms with van der Waals surface area (Å²) in [5.41, 5.74) is 10.7. The van der Waals surface area contributed by atoms with Crippen molar-refractivity contribution in [3.05, 3.63) is 87.9 Å². The number of phenols is 1. The Kier molecular flexibility index (Phi) is 5.46. The third-order valence-corrected chi connectivity index (χ3v) is 5.81. The molecule has 0 radical (unpaired) electrons. The number of carbonyl (C=O) groups is 1. The van der Waals surface area contributed by atoms with Crippen LogP contribution in [0.15, 0.2) is 76.3 Å². The van der Waals surface area contributed by atoms with Gasteiger partial charge >= 0.3 is 0 Å². The van der Waals surface area contributed by atoms with Gasteiger partial charge in [-0.05, 0) is 49.4 Å². The molecule has 0 aliphatic carbocycles. The highest BCUT2D eigenvalue weighted by molar-refractivity contribution is 9.10. The van der Waals surface area contributed by atoms with Crippen molar-refractivity contribution in [2.75, 3.05) is 11.1 Å². The van der Waals surface area contributed by atoms with Gasteiger partial charge in [0.1, 0.15) is 22.6 Å². The maximum atomic E-state index is 13.3. The fourth-order valence-corrected chi connectivity index (χ4v) is 3.95. The van der Waals surface area contributed by atoms with Gasteiger partial charge in [0.2, 0.25) is 0 Å². The number of hydrogen-bond donors (Lipinski definition) is 3. The number of para-hydroxylation sites is 2. The lowest BCUT2D eigenvalue weighted by Gasteiger charge is -2.06. The molecule has 0 aliphatic rings. The number of phenolic OH excluding ortho intramolecular Hbond substituents is 1. The van der Waals surface area contributed by atoms with Crippen LogP contribution in [0.5, 0.6) is 5.75 Å². The fourth-order valence-electron chi connectivity index (χ4n) is 3.57. The Morgan fingerprint density at radius 2 is 1.79 bits per heavy atom. The molecule has 2 aromatic heterocycles. The maximum Gasteiger partial charge on any atom is 0.261 e. The summed E-state index contributed by atoms with van der Waals surface area (Å²) in [7, 11) is 0. The summed E-state index contributed by atoms with van der Waals surface area (Å²) in [5.74, 6) is -0.285. The lowest BCUT2D eigenvalue weighted by Crippen LogP contribution is -2.14. The second-order valence-electron chi connectivity index (χ2n) is 7.72. The monoisotopic (exact) mass is 514 g/mol. The molecular weight excluding hydrogens is 496 g/mol. The molecule has 4 N–H and O–H groups in total. The first-order chi connectivity index (χ1) is 16.4. The van der Waals surface area contributed by atoms with E-state index in [1.54, 1.807) is 18.2 Å². The Morgan fingerprint density at radius 3 is 2.53 bits per heavy atom. The number of aromatic hydroxyl groups is 1. The van der Waals surface area contributed by atoms with Gasteiger partial charge in [0, 0.05) is 15.7 Å². The van der Waals surface area contributed by atoms with Crippen molar-refractivity contribution >= 4 is 61.8 Å². The van der Waals surface area contributed by atoms with Crippen LogP contribution >= 0.6 is 15.9 Å². The molecule has 2 heterocycles. The molecule has 5 rings (SSSR count). The third-order valence-electron chi connectivity index (χ3n) is 5.31. The molecule has 0 saturated carbocycles. The van der Waals surface area contributed by atoms with Gasteiger partial charge in [-0.15, -0.1) is 0 Å². The van der Waals surface area contributed by atoms with Crippen LogP contribution in [-0.4, -0.2) is 31.9 Å². The molecule has 0 fully saturated rings. The number of nitrogens with two attached hydrogens (primary N) is 1. The summed E-state index contributed by atoms with van der Waals surface area (Å²) in [6, 6.07) is 19.8. The average molecular weight is 515 g/mol. The van der Waals surface area contributed by atoms with Crippen molar-refractivity contribution in [3.63, 3.8) is 0 Å². The van der Waals surface area contributed by atoms with Crippen LogP contribution in [0.25, 0.3) is 22.2 Å². The number of carbonyl (C=O) groups excluding carboxylic acids is 1. The second kappa shape index (κ2) is 8.60. The van der Waals surface area contributed by atoms with E-state index in [1.807, 2.05) is 55.5 Å². The number of nitrogen functional groups attached to an aromatic ring is 1. The number of fused-ring (bicyclic) bond motifs is 2. The molecule has 3 aromatic carbocycles. The van der Waals surface area contributed by atoms with E-state index in [0.29, 0.717) is 33.4 Å². The van der Waals surface area contributed by atoms with Crippen molar-refractivity contribution < 1.29 is 9.90 Å². The van der Waals surface area contributed by atoms with E-state index < -0.39 is 5.91 Å². The van der Waals surface area contributed by atoms with Gasteiger partial charge in [-0.1, -0.05) is 45.8 Å². The number of aromatic nitrogens is 3. The summed E-state index contributed by atoms with van der Waals surface area (Å²) >= 11 is 3.38. The lowest BCUT2D eigenvalue weighted by atomic mass is 10.2. The van der Waals surface area contributed by atoms with E-state index in [1.165, 1.54) is 10.9 Å². The van der Waals surface area contributed by atoms with Crippen molar-refractivity contribution in [2.24, 2.45) is 5.10 Å². The van der Waals surface area contributed by atoms with Crippen LogP contribution in [-0.2, 0) is 0 Å².